The molecular formula is C29H31N3O7S. The number of thiazole rings is 1. The van der Waals surface area contributed by atoms with Crippen LogP contribution < -0.4 is 19.5 Å². The number of methoxy groups -OCH3 is 5. The third kappa shape index (κ3) is 5.37. The number of benzene rings is 2. The van der Waals surface area contributed by atoms with E-state index in [0.717, 1.165) is 5.56 Å². The summed E-state index contributed by atoms with van der Waals surface area (Å²) in [5, 5.41) is 5.89. The van der Waals surface area contributed by atoms with Crippen LogP contribution >= 0.6 is 11.3 Å². The Bertz CT molecular complexity index is 1470. The lowest BCUT2D eigenvalue weighted by atomic mass is 9.75. The third-order valence-electron chi connectivity index (χ3n) is 6.69. The highest BCUT2D eigenvalue weighted by molar-refractivity contribution is 7.14. The SMILES string of the molecule is COC(=O)C1=C(C)N=C(C)C(C(=O)OC)C1c1ccccc1Nc1nc(-c2cc(OC)c(OC)c(OC)c2)cs1. The second kappa shape index (κ2) is 12.2. The largest absolute Gasteiger partial charge is 0.493 e. The minimum Gasteiger partial charge on any atom is -0.493 e. The lowest BCUT2D eigenvalue weighted by Gasteiger charge is -2.32. The van der Waals surface area contributed by atoms with E-state index in [-0.39, 0.29) is 0 Å². The van der Waals surface area contributed by atoms with Gasteiger partial charge >= 0.3 is 11.9 Å². The van der Waals surface area contributed by atoms with Gasteiger partial charge in [0.1, 0.15) is 5.92 Å². The summed E-state index contributed by atoms with van der Waals surface area (Å²) in [4.78, 5) is 35.2. The first kappa shape index (κ1) is 28.6. The van der Waals surface area contributed by atoms with Gasteiger partial charge in [-0.05, 0) is 37.6 Å². The maximum Gasteiger partial charge on any atom is 0.336 e. The molecule has 1 aromatic heterocycles. The van der Waals surface area contributed by atoms with Crippen LogP contribution in [0.25, 0.3) is 11.3 Å². The Morgan fingerprint density at radius 2 is 1.60 bits per heavy atom. The number of aliphatic imine (C=N–C) groups is 1. The maximum absolute atomic E-state index is 13.0. The number of carbonyl (C=O) groups is 2. The fraction of sp³-hybridized carbons (Fsp3) is 0.310. The molecule has 10 nitrogen and oxygen atoms in total. The normalized spacial score (nSPS) is 16.6. The molecular weight excluding hydrogens is 534 g/mol. The molecule has 0 spiro atoms. The van der Waals surface area contributed by atoms with E-state index >= 15 is 0 Å². The van der Waals surface area contributed by atoms with E-state index in [0.29, 0.717) is 56.3 Å². The van der Waals surface area contributed by atoms with Crippen molar-refractivity contribution in [2.24, 2.45) is 10.9 Å². The van der Waals surface area contributed by atoms with Crippen molar-refractivity contribution in [1.29, 1.82) is 0 Å². The van der Waals surface area contributed by atoms with E-state index in [4.69, 9.17) is 28.7 Å². The van der Waals surface area contributed by atoms with Crippen LogP contribution in [0.5, 0.6) is 17.2 Å². The van der Waals surface area contributed by atoms with Crippen LogP contribution in [0, 0.1) is 5.92 Å². The molecule has 1 aliphatic rings. The molecule has 2 heterocycles. The molecule has 0 fully saturated rings. The van der Waals surface area contributed by atoms with Crippen molar-refractivity contribution in [1.82, 2.24) is 4.98 Å². The van der Waals surface area contributed by atoms with E-state index in [9.17, 15) is 9.59 Å². The van der Waals surface area contributed by atoms with Crippen molar-refractivity contribution in [2.75, 3.05) is 40.9 Å². The second-order valence-corrected chi connectivity index (χ2v) is 9.74. The molecule has 11 heteroatoms. The number of hydrogen-bond acceptors (Lipinski definition) is 11. The number of carbonyl (C=O) groups excluding carboxylic acids is 2. The van der Waals surface area contributed by atoms with Gasteiger partial charge in [-0.3, -0.25) is 9.79 Å². The number of ether oxygens (including phenoxy) is 5. The van der Waals surface area contributed by atoms with E-state index < -0.39 is 23.8 Å². The zero-order valence-corrected chi connectivity index (χ0v) is 24.2. The first-order valence-electron chi connectivity index (χ1n) is 12.3. The molecule has 0 saturated carbocycles. The first-order chi connectivity index (χ1) is 19.3. The Balaban J connectivity index is 1.76. The molecule has 0 bridgehead atoms. The van der Waals surface area contributed by atoms with Crippen LogP contribution in [0.4, 0.5) is 10.8 Å². The quantitative estimate of drug-likeness (QED) is 0.342. The van der Waals surface area contributed by atoms with Crippen molar-refractivity contribution in [3.8, 4) is 28.5 Å². The van der Waals surface area contributed by atoms with Gasteiger partial charge in [0.05, 0.1) is 46.8 Å². The van der Waals surface area contributed by atoms with Gasteiger partial charge < -0.3 is 29.0 Å². The minimum absolute atomic E-state index is 0.301. The van der Waals surface area contributed by atoms with Crippen molar-refractivity contribution < 1.29 is 33.3 Å². The molecule has 0 aliphatic carbocycles. The number of allylic oxidation sites excluding steroid dienone is 1. The Morgan fingerprint density at radius 1 is 0.925 bits per heavy atom. The van der Waals surface area contributed by atoms with E-state index in [2.05, 4.69) is 10.3 Å². The zero-order chi connectivity index (χ0) is 29.0. The average Bonchev–Trinajstić information content (AvgIpc) is 3.44. The van der Waals surface area contributed by atoms with Crippen molar-refractivity contribution in [3.05, 3.63) is 58.6 Å². The smallest absolute Gasteiger partial charge is 0.336 e. The fourth-order valence-electron chi connectivity index (χ4n) is 4.87. The lowest BCUT2D eigenvalue weighted by Crippen LogP contribution is -2.36. The van der Waals surface area contributed by atoms with Gasteiger partial charge in [-0.1, -0.05) is 18.2 Å². The van der Waals surface area contributed by atoms with E-state index in [1.54, 1.807) is 35.2 Å². The lowest BCUT2D eigenvalue weighted by molar-refractivity contribution is -0.143. The molecule has 2 atom stereocenters. The second-order valence-electron chi connectivity index (χ2n) is 8.89. The number of nitrogens with one attached hydrogen (secondary N) is 1. The number of aromatic nitrogens is 1. The first-order valence-corrected chi connectivity index (χ1v) is 13.2. The Kier molecular flexibility index (Phi) is 8.73. The highest BCUT2D eigenvalue weighted by Gasteiger charge is 2.43. The standard InChI is InChI=1S/C29H31N3O7S/c1-15-23(27(33)38-6)25(24(16(2)30-15)28(34)39-7)18-10-8-9-11-19(18)31-29-32-20(14-40-29)17-12-21(35-3)26(37-5)22(13-17)36-4/h8-14,23,25H,1-7H3,(H,31,32). The maximum atomic E-state index is 13.0. The number of nitrogens with zero attached hydrogens (tertiary/aromatic N) is 2. The molecule has 210 valence electrons. The van der Waals surface area contributed by atoms with Crippen LogP contribution in [0.15, 0.2) is 58.0 Å². The monoisotopic (exact) mass is 565 g/mol. The predicted octanol–water partition coefficient (Wildman–Crippen LogP) is 5.37. The molecule has 1 N–H and O–H groups in total. The van der Waals surface area contributed by atoms with Crippen LogP contribution in [-0.4, -0.2) is 58.2 Å². The third-order valence-corrected chi connectivity index (χ3v) is 7.45. The zero-order valence-electron chi connectivity index (χ0n) is 23.4. The molecule has 1 aliphatic heterocycles. The Hall–Kier alpha value is -4.38. The fourth-order valence-corrected chi connectivity index (χ4v) is 5.60. The molecule has 2 aromatic carbocycles. The number of hydrogen-bond donors (Lipinski definition) is 1. The van der Waals surface area contributed by atoms with Crippen LogP contribution in [0.1, 0.15) is 25.3 Å². The molecule has 0 radical (unpaired) electrons. The highest BCUT2D eigenvalue weighted by atomic mass is 32.1. The average molecular weight is 566 g/mol. The summed E-state index contributed by atoms with van der Waals surface area (Å²) >= 11 is 1.40. The molecule has 2 unspecified atom stereocenters. The summed E-state index contributed by atoms with van der Waals surface area (Å²) in [6.07, 6.45) is 0. The number of esters is 2. The van der Waals surface area contributed by atoms with E-state index in [1.807, 2.05) is 41.8 Å². The van der Waals surface area contributed by atoms with Crippen LogP contribution in [0.2, 0.25) is 0 Å². The minimum atomic E-state index is -0.808. The van der Waals surface area contributed by atoms with Gasteiger partial charge in [-0.2, -0.15) is 0 Å². The summed E-state index contributed by atoms with van der Waals surface area (Å²) in [5.41, 5.74) is 4.20. The van der Waals surface area contributed by atoms with Gasteiger partial charge in [0.25, 0.3) is 0 Å². The molecule has 0 saturated heterocycles. The summed E-state index contributed by atoms with van der Waals surface area (Å²) in [6.45, 7) is 3.49. The topological polar surface area (TPSA) is 118 Å². The predicted molar refractivity (Wildman–Crippen MR) is 153 cm³/mol. The van der Waals surface area contributed by atoms with Gasteiger partial charge in [0.2, 0.25) is 5.75 Å². The Labute approximate surface area is 236 Å². The van der Waals surface area contributed by atoms with Gasteiger partial charge in [0, 0.05) is 34.0 Å². The van der Waals surface area contributed by atoms with Crippen molar-refractivity contribution >= 4 is 39.8 Å². The number of rotatable bonds is 9. The number of para-hydroxylation sites is 1. The molecule has 3 aromatic rings. The van der Waals surface area contributed by atoms with Crippen LogP contribution in [0.3, 0.4) is 0 Å². The van der Waals surface area contributed by atoms with Gasteiger partial charge in [-0.15, -0.1) is 11.3 Å². The summed E-state index contributed by atoms with van der Waals surface area (Å²) in [7, 11) is 7.30. The molecule has 40 heavy (non-hydrogen) atoms. The van der Waals surface area contributed by atoms with Crippen LogP contribution in [-0.2, 0) is 19.1 Å². The molecule has 0 amide bonds. The molecule has 4 rings (SSSR count). The Morgan fingerprint density at radius 3 is 2.20 bits per heavy atom. The van der Waals surface area contributed by atoms with E-state index in [1.165, 1.54) is 25.6 Å². The van der Waals surface area contributed by atoms with Crippen molar-refractivity contribution in [3.63, 3.8) is 0 Å². The number of anilines is 2. The van der Waals surface area contributed by atoms with Gasteiger partial charge in [0.15, 0.2) is 16.6 Å². The highest BCUT2D eigenvalue weighted by Crippen LogP contribution is 2.44. The van der Waals surface area contributed by atoms with Crippen molar-refractivity contribution in [2.45, 2.75) is 19.8 Å². The van der Waals surface area contributed by atoms with Gasteiger partial charge in [-0.25, -0.2) is 9.78 Å². The summed E-state index contributed by atoms with van der Waals surface area (Å²) in [6, 6.07) is 11.1. The summed E-state index contributed by atoms with van der Waals surface area (Å²) < 4.78 is 26.6. The summed E-state index contributed by atoms with van der Waals surface area (Å²) in [5.74, 6) is -1.01.